The molecule has 0 aromatic carbocycles. The van der Waals surface area contributed by atoms with E-state index in [1.807, 2.05) is 0 Å². The fourth-order valence-corrected chi connectivity index (χ4v) is 2.81. The monoisotopic (exact) mass is 502 g/mol. The number of rotatable bonds is 7. The van der Waals surface area contributed by atoms with Crippen molar-refractivity contribution in [3.8, 4) is 23.3 Å². The largest absolute Gasteiger partial charge is 0.463 e. The minimum absolute atomic E-state index is 0.0809. The van der Waals surface area contributed by atoms with Gasteiger partial charge >= 0.3 is 12.1 Å². The number of aromatic nitrogens is 4. The number of alkyl halides is 3. The summed E-state index contributed by atoms with van der Waals surface area (Å²) in [5.41, 5.74) is -3.21. The number of nitrogens with zero attached hydrogens (tertiary/aromatic N) is 4. The fraction of sp³-hybridized carbons (Fsp3) is 0.250. The normalized spacial score (nSPS) is 11.3. The Kier molecular flexibility index (Phi) is 7.35. The first-order valence-corrected chi connectivity index (χ1v) is 9.84. The van der Waals surface area contributed by atoms with E-state index in [0.717, 1.165) is 13.0 Å². The molecule has 3 heterocycles. The highest BCUT2D eigenvalue weighted by atomic mass is 35.5. The summed E-state index contributed by atoms with van der Waals surface area (Å²) in [5.74, 6) is -3.22. The van der Waals surface area contributed by atoms with Crippen LogP contribution in [-0.2, 0) is 15.7 Å². The van der Waals surface area contributed by atoms with Crippen molar-refractivity contribution in [1.29, 1.82) is 0 Å². The Morgan fingerprint density at radius 2 is 2.00 bits per heavy atom. The van der Waals surface area contributed by atoms with Gasteiger partial charge in [0.25, 0.3) is 11.4 Å². The quantitative estimate of drug-likeness (QED) is 0.354. The third-order valence-corrected chi connectivity index (χ3v) is 4.45. The summed E-state index contributed by atoms with van der Waals surface area (Å²) in [6.07, 6.45) is -3.10. The van der Waals surface area contributed by atoms with Crippen molar-refractivity contribution in [1.82, 2.24) is 19.7 Å². The van der Waals surface area contributed by atoms with E-state index in [9.17, 15) is 27.2 Å². The van der Waals surface area contributed by atoms with Gasteiger partial charge in [0.1, 0.15) is 5.02 Å². The Morgan fingerprint density at radius 3 is 2.68 bits per heavy atom. The van der Waals surface area contributed by atoms with E-state index in [2.05, 4.69) is 15.1 Å². The Hall–Kier alpha value is -3.74. The molecule has 0 N–H and O–H groups in total. The summed E-state index contributed by atoms with van der Waals surface area (Å²) in [6.45, 7) is 2.20. The lowest BCUT2D eigenvalue weighted by atomic mass is 10.2. The molecule has 0 saturated carbocycles. The molecule has 0 fully saturated rings. The van der Waals surface area contributed by atoms with E-state index in [1.54, 1.807) is 6.92 Å². The Balaban J connectivity index is 1.98. The van der Waals surface area contributed by atoms with Crippen LogP contribution in [-0.4, -0.2) is 38.9 Å². The number of ether oxygens (including phenoxy) is 3. The van der Waals surface area contributed by atoms with Crippen molar-refractivity contribution in [3.63, 3.8) is 0 Å². The van der Waals surface area contributed by atoms with Crippen LogP contribution in [0.15, 0.2) is 35.4 Å². The van der Waals surface area contributed by atoms with Crippen LogP contribution in [0.1, 0.15) is 18.1 Å². The summed E-state index contributed by atoms with van der Waals surface area (Å²) in [7, 11) is 0. The van der Waals surface area contributed by atoms with E-state index < -0.39 is 53.0 Å². The lowest BCUT2D eigenvalue weighted by molar-refractivity contribution is -0.145. The molecule has 0 atom stereocenters. The van der Waals surface area contributed by atoms with Crippen LogP contribution in [0.4, 0.5) is 17.6 Å². The maximum atomic E-state index is 14.5. The van der Waals surface area contributed by atoms with Crippen LogP contribution in [0.3, 0.4) is 0 Å². The van der Waals surface area contributed by atoms with Gasteiger partial charge in [-0.25, -0.2) is 14.2 Å². The zero-order valence-electron chi connectivity index (χ0n) is 17.5. The molecule has 0 unspecified atom stereocenters. The summed E-state index contributed by atoms with van der Waals surface area (Å²) >= 11 is 6.00. The zero-order chi connectivity index (χ0) is 25.0. The van der Waals surface area contributed by atoms with Crippen LogP contribution < -0.4 is 15.0 Å². The molecule has 9 nitrogen and oxygen atoms in total. The molecule has 0 aliphatic rings. The lowest BCUT2D eigenvalue weighted by Crippen LogP contribution is -2.28. The second-order valence-corrected chi connectivity index (χ2v) is 6.89. The maximum Gasteiger partial charge on any atom is 0.418 e. The molecule has 0 bridgehead atoms. The van der Waals surface area contributed by atoms with Crippen LogP contribution in [0.2, 0.25) is 5.02 Å². The Labute approximate surface area is 193 Å². The number of hydrogen-bond acceptors (Lipinski definition) is 8. The van der Waals surface area contributed by atoms with Gasteiger partial charge in [0.05, 0.1) is 18.4 Å². The number of halogens is 5. The standard InChI is InChI=1S/C20H15ClF4N4O5/c1-3-32-15(30)9-33-18-14(5-4-6-26-18)34-17-12(21)7-13(22)16(28-17)29-19(31)10(2)11(8-27-29)20(23,24)25/h4-8H,3,9H2,1-2H3. The lowest BCUT2D eigenvalue weighted by Gasteiger charge is -2.14. The highest BCUT2D eigenvalue weighted by Crippen LogP contribution is 2.34. The van der Waals surface area contributed by atoms with E-state index >= 15 is 0 Å². The molecule has 34 heavy (non-hydrogen) atoms. The molecular weight excluding hydrogens is 488 g/mol. The van der Waals surface area contributed by atoms with Crippen molar-refractivity contribution in [2.45, 2.75) is 20.0 Å². The van der Waals surface area contributed by atoms with Crippen molar-refractivity contribution < 1.29 is 36.6 Å². The van der Waals surface area contributed by atoms with Crippen molar-refractivity contribution in [3.05, 3.63) is 62.9 Å². The predicted octanol–water partition coefficient (Wildman–Crippen LogP) is 3.88. The van der Waals surface area contributed by atoms with Gasteiger partial charge in [0, 0.05) is 17.8 Å². The average molecular weight is 503 g/mol. The second kappa shape index (κ2) is 10.0. The molecule has 0 radical (unpaired) electrons. The highest BCUT2D eigenvalue weighted by Gasteiger charge is 2.34. The SMILES string of the molecule is CCOC(=O)COc1ncccc1Oc1nc(-n2ncc(C(F)(F)F)c(C)c2=O)c(F)cc1Cl. The molecular formula is C20H15ClF4N4O5. The molecule has 0 aliphatic carbocycles. The van der Waals surface area contributed by atoms with Crippen molar-refractivity contribution in [2.24, 2.45) is 0 Å². The van der Waals surface area contributed by atoms with Gasteiger partial charge in [-0.2, -0.15) is 27.9 Å². The van der Waals surface area contributed by atoms with Gasteiger partial charge in [0.15, 0.2) is 24.0 Å². The van der Waals surface area contributed by atoms with Gasteiger partial charge in [0.2, 0.25) is 5.88 Å². The third-order valence-electron chi connectivity index (χ3n) is 4.18. The van der Waals surface area contributed by atoms with E-state index in [0.29, 0.717) is 10.9 Å². The number of pyridine rings is 2. The molecule has 3 aromatic rings. The van der Waals surface area contributed by atoms with E-state index in [4.69, 9.17) is 25.8 Å². The number of carbonyl (C=O) groups is 1. The average Bonchev–Trinajstić information content (AvgIpc) is 2.76. The van der Waals surface area contributed by atoms with Gasteiger partial charge < -0.3 is 14.2 Å². The molecule has 3 aromatic heterocycles. The summed E-state index contributed by atoms with van der Waals surface area (Å²) in [4.78, 5) is 31.7. The van der Waals surface area contributed by atoms with Crippen LogP contribution in [0.25, 0.3) is 5.82 Å². The second-order valence-electron chi connectivity index (χ2n) is 6.48. The maximum absolute atomic E-state index is 14.5. The highest BCUT2D eigenvalue weighted by molar-refractivity contribution is 6.31. The van der Waals surface area contributed by atoms with Gasteiger partial charge in [-0.1, -0.05) is 11.6 Å². The molecule has 180 valence electrons. The molecule has 3 rings (SSSR count). The zero-order valence-corrected chi connectivity index (χ0v) is 18.3. The first-order valence-electron chi connectivity index (χ1n) is 9.46. The Morgan fingerprint density at radius 1 is 1.26 bits per heavy atom. The first-order chi connectivity index (χ1) is 16.0. The smallest absolute Gasteiger partial charge is 0.418 e. The molecule has 0 saturated heterocycles. The van der Waals surface area contributed by atoms with Gasteiger partial charge in [-0.05, 0) is 26.0 Å². The summed E-state index contributed by atoms with van der Waals surface area (Å²) in [5, 5.41) is 3.06. The third kappa shape index (κ3) is 5.42. The molecule has 0 spiro atoms. The van der Waals surface area contributed by atoms with Gasteiger partial charge in [-0.3, -0.25) is 4.79 Å². The molecule has 0 aliphatic heterocycles. The van der Waals surface area contributed by atoms with Crippen LogP contribution in [0.5, 0.6) is 17.5 Å². The number of carbonyl (C=O) groups excluding carboxylic acids is 1. The first kappa shape index (κ1) is 24.9. The number of hydrogen-bond donors (Lipinski definition) is 0. The van der Waals surface area contributed by atoms with Crippen LogP contribution in [0, 0.1) is 12.7 Å². The van der Waals surface area contributed by atoms with E-state index in [-0.39, 0.29) is 23.3 Å². The minimum Gasteiger partial charge on any atom is -0.463 e. The van der Waals surface area contributed by atoms with Crippen molar-refractivity contribution >= 4 is 17.6 Å². The molecule has 14 heteroatoms. The van der Waals surface area contributed by atoms with Gasteiger partial charge in [-0.15, -0.1) is 0 Å². The summed E-state index contributed by atoms with van der Waals surface area (Å²) < 4.78 is 69.5. The topological polar surface area (TPSA) is 105 Å². The Bertz CT molecular complexity index is 1280. The number of esters is 1. The van der Waals surface area contributed by atoms with Crippen molar-refractivity contribution in [2.75, 3.05) is 13.2 Å². The van der Waals surface area contributed by atoms with Crippen LogP contribution >= 0.6 is 11.6 Å². The fourth-order valence-electron chi connectivity index (χ4n) is 2.63. The summed E-state index contributed by atoms with van der Waals surface area (Å²) in [6, 6.07) is 3.58. The predicted molar refractivity (Wildman–Crippen MR) is 109 cm³/mol. The molecule has 0 amide bonds. The minimum atomic E-state index is -4.82. The van der Waals surface area contributed by atoms with E-state index in [1.165, 1.54) is 18.3 Å².